The number of thiophene rings is 1. The molecule has 0 aliphatic rings. The number of aromatic hydroxyl groups is 1. The monoisotopic (exact) mass is 279 g/mol. The summed E-state index contributed by atoms with van der Waals surface area (Å²) in [6.45, 7) is 1.97. The van der Waals surface area contributed by atoms with Crippen LogP contribution in [0.15, 0.2) is 35.7 Å². The number of hydrogen-bond donors (Lipinski definition) is 2. The quantitative estimate of drug-likeness (QED) is 0.900. The molecule has 0 bridgehead atoms. The molecule has 1 atom stereocenters. The second-order valence-corrected chi connectivity index (χ2v) is 5.09. The third-order valence-corrected chi connectivity index (χ3v) is 3.79. The molecular formula is C14H14FNO2S. The standard InChI is InChI=1S/C14H14FNO2S/c1-2-11(13-4-3-7-19-13)16-14(18)10-6-5-9(15)8-12(10)17/h3-8,11,17H,2H2,1H3,(H,16,18). The summed E-state index contributed by atoms with van der Waals surface area (Å²) >= 11 is 1.56. The van der Waals surface area contributed by atoms with Crippen LogP contribution in [0.3, 0.4) is 0 Å². The Morgan fingerprint density at radius 2 is 2.26 bits per heavy atom. The Balaban J connectivity index is 2.16. The molecule has 1 aromatic carbocycles. The summed E-state index contributed by atoms with van der Waals surface area (Å²) in [5, 5.41) is 14.4. The van der Waals surface area contributed by atoms with Crippen LogP contribution in [0, 0.1) is 5.82 Å². The van der Waals surface area contributed by atoms with Crippen molar-refractivity contribution in [3.8, 4) is 5.75 Å². The van der Waals surface area contributed by atoms with Gasteiger partial charge in [0.05, 0.1) is 11.6 Å². The number of halogens is 1. The number of hydrogen-bond acceptors (Lipinski definition) is 3. The van der Waals surface area contributed by atoms with Gasteiger partial charge in [0.1, 0.15) is 11.6 Å². The van der Waals surface area contributed by atoms with E-state index in [4.69, 9.17) is 0 Å². The Bertz CT molecular complexity index is 569. The van der Waals surface area contributed by atoms with Crippen LogP contribution in [0.5, 0.6) is 5.75 Å². The fourth-order valence-electron chi connectivity index (χ4n) is 1.80. The van der Waals surface area contributed by atoms with Gasteiger partial charge in [-0.25, -0.2) is 4.39 Å². The van der Waals surface area contributed by atoms with E-state index in [-0.39, 0.29) is 17.4 Å². The second kappa shape index (κ2) is 5.84. The summed E-state index contributed by atoms with van der Waals surface area (Å²) in [7, 11) is 0. The lowest BCUT2D eigenvalue weighted by atomic mass is 10.1. The molecule has 1 unspecified atom stereocenters. The molecule has 3 nitrogen and oxygen atoms in total. The van der Waals surface area contributed by atoms with E-state index in [0.717, 1.165) is 23.4 Å². The van der Waals surface area contributed by atoms with Crippen molar-refractivity contribution in [1.29, 1.82) is 0 Å². The Labute approximate surface area is 114 Å². The van der Waals surface area contributed by atoms with Gasteiger partial charge in [-0.15, -0.1) is 11.3 Å². The van der Waals surface area contributed by atoms with E-state index >= 15 is 0 Å². The predicted octanol–water partition coefficient (Wildman–Crippen LogP) is 3.47. The van der Waals surface area contributed by atoms with E-state index in [0.29, 0.717) is 0 Å². The van der Waals surface area contributed by atoms with Crippen molar-refractivity contribution in [2.24, 2.45) is 0 Å². The zero-order chi connectivity index (χ0) is 13.8. The summed E-state index contributed by atoms with van der Waals surface area (Å²) in [6, 6.07) is 7.13. The van der Waals surface area contributed by atoms with Crippen LogP contribution in [0.1, 0.15) is 34.6 Å². The lowest BCUT2D eigenvalue weighted by Crippen LogP contribution is -2.27. The van der Waals surface area contributed by atoms with Crippen molar-refractivity contribution < 1.29 is 14.3 Å². The molecule has 100 valence electrons. The van der Waals surface area contributed by atoms with Gasteiger partial charge >= 0.3 is 0 Å². The minimum atomic E-state index is -0.570. The van der Waals surface area contributed by atoms with Crippen molar-refractivity contribution in [2.75, 3.05) is 0 Å². The molecule has 0 aliphatic heterocycles. The summed E-state index contributed by atoms with van der Waals surface area (Å²) in [6.07, 6.45) is 0.744. The van der Waals surface area contributed by atoms with Crippen LogP contribution >= 0.6 is 11.3 Å². The zero-order valence-electron chi connectivity index (χ0n) is 10.4. The SMILES string of the molecule is CCC(NC(=O)c1ccc(F)cc1O)c1cccs1. The lowest BCUT2D eigenvalue weighted by molar-refractivity contribution is 0.0933. The maximum absolute atomic E-state index is 12.9. The highest BCUT2D eigenvalue weighted by Crippen LogP contribution is 2.24. The number of phenols is 1. The van der Waals surface area contributed by atoms with Crippen LogP contribution in [0.25, 0.3) is 0 Å². The van der Waals surface area contributed by atoms with Gasteiger partial charge in [-0.05, 0) is 30.0 Å². The second-order valence-electron chi connectivity index (χ2n) is 4.11. The highest BCUT2D eigenvalue weighted by atomic mass is 32.1. The smallest absolute Gasteiger partial charge is 0.255 e. The molecule has 0 fully saturated rings. The topological polar surface area (TPSA) is 49.3 Å². The number of benzene rings is 1. The molecule has 2 N–H and O–H groups in total. The van der Waals surface area contributed by atoms with E-state index in [1.807, 2.05) is 24.4 Å². The van der Waals surface area contributed by atoms with Crippen molar-refractivity contribution in [1.82, 2.24) is 5.32 Å². The number of carbonyl (C=O) groups is 1. The number of nitrogens with one attached hydrogen (secondary N) is 1. The van der Waals surface area contributed by atoms with Crippen LogP contribution in [0.2, 0.25) is 0 Å². The average molecular weight is 279 g/mol. The van der Waals surface area contributed by atoms with Crippen molar-refractivity contribution in [2.45, 2.75) is 19.4 Å². The Morgan fingerprint density at radius 1 is 1.47 bits per heavy atom. The third-order valence-electron chi connectivity index (χ3n) is 2.80. The first-order chi connectivity index (χ1) is 9.11. The van der Waals surface area contributed by atoms with Gasteiger partial charge < -0.3 is 10.4 Å². The summed E-state index contributed by atoms with van der Waals surface area (Å²) < 4.78 is 12.9. The highest BCUT2D eigenvalue weighted by molar-refractivity contribution is 7.10. The van der Waals surface area contributed by atoms with Crippen LogP contribution in [-0.4, -0.2) is 11.0 Å². The van der Waals surface area contributed by atoms with E-state index in [1.54, 1.807) is 11.3 Å². The largest absolute Gasteiger partial charge is 0.507 e. The number of phenolic OH excluding ortho intramolecular Hbond substituents is 1. The van der Waals surface area contributed by atoms with E-state index < -0.39 is 11.7 Å². The van der Waals surface area contributed by atoms with Crippen LogP contribution in [-0.2, 0) is 0 Å². The molecule has 2 aromatic rings. The average Bonchev–Trinajstić information content (AvgIpc) is 2.89. The molecule has 1 amide bonds. The summed E-state index contributed by atoms with van der Waals surface area (Å²) in [4.78, 5) is 13.1. The summed E-state index contributed by atoms with van der Waals surface area (Å²) in [5.41, 5.74) is 0.0800. The maximum Gasteiger partial charge on any atom is 0.255 e. The van der Waals surface area contributed by atoms with Gasteiger partial charge in [-0.1, -0.05) is 13.0 Å². The zero-order valence-corrected chi connectivity index (χ0v) is 11.2. The molecule has 0 radical (unpaired) electrons. The number of rotatable bonds is 4. The van der Waals surface area contributed by atoms with Gasteiger partial charge in [0.15, 0.2) is 0 Å². The fourth-order valence-corrected chi connectivity index (χ4v) is 2.66. The third kappa shape index (κ3) is 3.12. The van der Waals surface area contributed by atoms with Gasteiger partial charge in [-0.3, -0.25) is 4.79 Å². The molecule has 0 spiro atoms. The molecule has 1 heterocycles. The van der Waals surface area contributed by atoms with Gasteiger partial charge in [0, 0.05) is 10.9 Å². The maximum atomic E-state index is 12.9. The Kier molecular flexibility index (Phi) is 4.16. The van der Waals surface area contributed by atoms with Crippen molar-refractivity contribution in [3.05, 3.63) is 52.0 Å². The van der Waals surface area contributed by atoms with Crippen LogP contribution in [0.4, 0.5) is 4.39 Å². The fraction of sp³-hybridized carbons (Fsp3) is 0.214. The minimum Gasteiger partial charge on any atom is -0.507 e. The first kappa shape index (κ1) is 13.5. The van der Waals surface area contributed by atoms with Gasteiger partial charge in [0.25, 0.3) is 5.91 Å². The Morgan fingerprint density at radius 3 is 2.84 bits per heavy atom. The Hall–Kier alpha value is -1.88. The molecule has 0 saturated carbocycles. The van der Waals surface area contributed by atoms with Crippen molar-refractivity contribution in [3.63, 3.8) is 0 Å². The van der Waals surface area contributed by atoms with Gasteiger partial charge in [-0.2, -0.15) is 0 Å². The van der Waals surface area contributed by atoms with E-state index in [2.05, 4.69) is 5.32 Å². The predicted molar refractivity (Wildman–Crippen MR) is 72.9 cm³/mol. The highest BCUT2D eigenvalue weighted by Gasteiger charge is 2.17. The number of amides is 1. The molecule has 2 rings (SSSR count). The minimum absolute atomic E-state index is 0.0800. The molecule has 5 heteroatoms. The molecule has 1 aromatic heterocycles. The van der Waals surface area contributed by atoms with Crippen LogP contribution < -0.4 is 5.32 Å². The lowest BCUT2D eigenvalue weighted by Gasteiger charge is -2.16. The van der Waals surface area contributed by atoms with Crippen molar-refractivity contribution >= 4 is 17.2 Å². The molecular weight excluding hydrogens is 265 g/mol. The normalized spacial score (nSPS) is 12.1. The van der Waals surface area contributed by atoms with Gasteiger partial charge in [0.2, 0.25) is 0 Å². The first-order valence-electron chi connectivity index (χ1n) is 5.94. The summed E-state index contributed by atoms with van der Waals surface area (Å²) in [5.74, 6) is -1.32. The molecule has 0 saturated heterocycles. The molecule has 0 aliphatic carbocycles. The van der Waals surface area contributed by atoms with E-state index in [1.165, 1.54) is 6.07 Å². The van der Waals surface area contributed by atoms with E-state index in [9.17, 15) is 14.3 Å². The molecule has 19 heavy (non-hydrogen) atoms. The number of carbonyl (C=O) groups excluding carboxylic acids is 1. The first-order valence-corrected chi connectivity index (χ1v) is 6.82.